The summed E-state index contributed by atoms with van der Waals surface area (Å²) < 4.78 is 7.27. The highest BCUT2D eigenvalue weighted by Crippen LogP contribution is 2.28. The van der Waals surface area contributed by atoms with Crippen molar-refractivity contribution in [3.63, 3.8) is 0 Å². The molecule has 0 unspecified atom stereocenters. The Morgan fingerprint density at radius 2 is 1.57 bits per heavy atom. The third-order valence-corrected chi connectivity index (χ3v) is 3.76. The topological polar surface area (TPSA) is 31.2 Å². The quantitative estimate of drug-likeness (QED) is 0.576. The van der Waals surface area contributed by atoms with E-state index in [-0.39, 0.29) is 5.97 Å². The molecule has 0 aliphatic rings. The highest BCUT2D eigenvalue weighted by molar-refractivity contribution is 7.80. The molecule has 0 aliphatic carbocycles. The molecular formula is C17H17NO2S. The van der Waals surface area contributed by atoms with Crippen LogP contribution in [0.3, 0.4) is 0 Å². The van der Waals surface area contributed by atoms with E-state index in [4.69, 9.17) is 4.74 Å². The second-order valence-electron chi connectivity index (χ2n) is 4.88. The Hall–Kier alpha value is -1.94. The number of hydrogen-bond acceptors (Lipinski definition) is 3. The van der Waals surface area contributed by atoms with Crippen molar-refractivity contribution < 1.29 is 9.53 Å². The van der Waals surface area contributed by atoms with E-state index in [0.29, 0.717) is 25.3 Å². The summed E-state index contributed by atoms with van der Waals surface area (Å²) in [6, 6.07) is 16.6. The normalized spacial score (nSPS) is 11.1. The SMILES string of the molecule is O=C(CCn1c2ccccc2c2ccccc21)OCCS. The lowest BCUT2D eigenvalue weighted by Gasteiger charge is -2.07. The van der Waals surface area contributed by atoms with Gasteiger partial charge in [-0.1, -0.05) is 36.4 Å². The summed E-state index contributed by atoms with van der Waals surface area (Å²) >= 11 is 4.04. The first-order valence-electron chi connectivity index (χ1n) is 7.03. The summed E-state index contributed by atoms with van der Waals surface area (Å²) in [6.07, 6.45) is 0.371. The lowest BCUT2D eigenvalue weighted by atomic mass is 10.2. The average molecular weight is 299 g/mol. The predicted octanol–water partition coefficient (Wildman–Crippen LogP) is 3.66. The van der Waals surface area contributed by atoms with E-state index in [2.05, 4.69) is 41.5 Å². The third kappa shape index (κ3) is 2.76. The van der Waals surface area contributed by atoms with Crippen LogP contribution >= 0.6 is 12.6 Å². The lowest BCUT2D eigenvalue weighted by molar-refractivity contribution is -0.143. The van der Waals surface area contributed by atoms with E-state index >= 15 is 0 Å². The van der Waals surface area contributed by atoms with Crippen molar-refractivity contribution in [1.82, 2.24) is 4.57 Å². The van der Waals surface area contributed by atoms with Gasteiger partial charge in [-0.25, -0.2) is 0 Å². The van der Waals surface area contributed by atoms with Crippen molar-refractivity contribution in [1.29, 1.82) is 0 Å². The number of carbonyl (C=O) groups excluding carboxylic acids is 1. The number of esters is 1. The van der Waals surface area contributed by atoms with E-state index in [1.165, 1.54) is 10.8 Å². The van der Waals surface area contributed by atoms with Crippen LogP contribution in [0.2, 0.25) is 0 Å². The van der Waals surface area contributed by atoms with Gasteiger partial charge in [0.2, 0.25) is 0 Å². The molecule has 0 atom stereocenters. The van der Waals surface area contributed by atoms with Crippen LogP contribution in [0.1, 0.15) is 6.42 Å². The van der Waals surface area contributed by atoms with Gasteiger partial charge < -0.3 is 9.30 Å². The summed E-state index contributed by atoms with van der Waals surface area (Å²) in [7, 11) is 0. The Balaban J connectivity index is 1.94. The number of ether oxygens (including phenoxy) is 1. The summed E-state index contributed by atoms with van der Waals surface area (Å²) in [4.78, 5) is 11.7. The van der Waals surface area contributed by atoms with Crippen molar-refractivity contribution in [2.75, 3.05) is 12.4 Å². The van der Waals surface area contributed by atoms with Crippen LogP contribution < -0.4 is 0 Å². The first kappa shape index (κ1) is 14.0. The Labute approximate surface area is 128 Å². The number of thiol groups is 1. The first-order chi connectivity index (χ1) is 10.3. The number of carbonyl (C=O) groups is 1. The van der Waals surface area contributed by atoms with Crippen molar-refractivity contribution in [3.8, 4) is 0 Å². The minimum atomic E-state index is -0.175. The van der Waals surface area contributed by atoms with Gasteiger partial charge in [0.25, 0.3) is 0 Å². The van der Waals surface area contributed by atoms with Crippen LogP contribution in [0.4, 0.5) is 0 Å². The van der Waals surface area contributed by atoms with Crippen molar-refractivity contribution >= 4 is 40.4 Å². The van der Waals surface area contributed by atoms with Crippen LogP contribution in [0.5, 0.6) is 0 Å². The molecule has 1 aromatic heterocycles. The zero-order valence-corrected chi connectivity index (χ0v) is 12.6. The summed E-state index contributed by atoms with van der Waals surface area (Å²) in [6.45, 7) is 0.995. The molecule has 3 rings (SSSR count). The molecule has 108 valence electrons. The van der Waals surface area contributed by atoms with Gasteiger partial charge >= 0.3 is 5.97 Å². The van der Waals surface area contributed by atoms with Crippen molar-refractivity contribution in [2.45, 2.75) is 13.0 Å². The number of benzene rings is 2. The number of aryl methyl sites for hydroxylation is 1. The molecule has 0 amide bonds. The zero-order valence-electron chi connectivity index (χ0n) is 11.7. The highest BCUT2D eigenvalue weighted by Gasteiger charge is 2.11. The fourth-order valence-corrected chi connectivity index (χ4v) is 2.77. The van der Waals surface area contributed by atoms with E-state index in [0.717, 1.165) is 11.0 Å². The van der Waals surface area contributed by atoms with E-state index in [1.807, 2.05) is 24.3 Å². The van der Waals surface area contributed by atoms with Gasteiger partial charge in [-0.3, -0.25) is 4.79 Å². The van der Waals surface area contributed by atoms with Crippen LogP contribution in [-0.2, 0) is 16.1 Å². The number of para-hydroxylation sites is 2. The molecule has 0 radical (unpaired) electrons. The highest BCUT2D eigenvalue weighted by atomic mass is 32.1. The second kappa shape index (κ2) is 6.22. The minimum Gasteiger partial charge on any atom is -0.465 e. The molecule has 3 aromatic rings. The monoisotopic (exact) mass is 299 g/mol. The first-order valence-corrected chi connectivity index (χ1v) is 7.67. The Kier molecular flexibility index (Phi) is 4.15. The smallest absolute Gasteiger partial charge is 0.307 e. The summed E-state index contributed by atoms with van der Waals surface area (Å²) in [5.74, 6) is 0.382. The van der Waals surface area contributed by atoms with Gasteiger partial charge in [0.15, 0.2) is 0 Å². The van der Waals surface area contributed by atoms with Gasteiger partial charge in [-0.2, -0.15) is 12.6 Å². The molecule has 2 aromatic carbocycles. The molecule has 0 spiro atoms. The van der Waals surface area contributed by atoms with E-state index in [1.54, 1.807) is 0 Å². The van der Waals surface area contributed by atoms with Crippen LogP contribution in [0.25, 0.3) is 21.8 Å². The standard InChI is InChI=1S/C17H17NO2S/c19-17(20-11-12-21)9-10-18-15-7-3-1-5-13(15)14-6-2-4-8-16(14)18/h1-8,21H,9-12H2. The number of rotatable bonds is 5. The molecule has 0 bridgehead atoms. The Morgan fingerprint density at radius 1 is 1.00 bits per heavy atom. The number of fused-ring (bicyclic) bond motifs is 3. The van der Waals surface area contributed by atoms with Gasteiger partial charge in [0.05, 0.1) is 6.42 Å². The molecule has 0 saturated carbocycles. The molecule has 1 heterocycles. The van der Waals surface area contributed by atoms with Crippen LogP contribution in [-0.4, -0.2) is 22.9 Å². The van der Waals surface area contributed by atoms with Gasteiger partial charge in [-0.15, -0.1) is 0 Å². The molecule has 4 heteroatoms. The molecule has 3 nitrogen and oxygen atoms in total. The Bertz CT molecular complexity index is 725. The second-order valence-corrected chi connectivity index (χ2v) is 5.33. The van der Waals surface area contributed by atoms with Crippen LogP contribution in [0, 0.1) is 0 Å². The summed E-state index contributed by atoms with van der Waals surface area (Å²) in [5, 5.41) is 2.44. The molecule has 0 fully saturated rings. The fraction of sp³-hybridized carbons (Fsp3) is 0.235. The molecule has 0 saturated heterocycles. The molecule has 0 N–H and O–H groups in total. The molecule has 21 heavy (non-hydrogen) atoms. The molecule has 0 aliphatic heterocycles. The minimum absolute atomic E-state index is 0.175. The van der Waals surface area contributed by atoms with Crippen LogP contribution in [0.15, 0.2) is 48.5 Å². The zero-order chi connectivity index (χ0) is 14.7. The molecular weight excluding hydrogens is 282 g/mol. The fourth-order valence-electron chi connectivity index (χ4n) is 2.68. The maximum atomic E-state index is 11.7. The Morgan fingerprint density at radius 3 is 2.14 bits per heavy atom. The average Bonchev–Trinajstić information content (AvgIpc) is 2.85. The van der Waals surface area contributed by atoms with E-state index in [9.17, 15) is 4.79 Å². The third-order valence-electron chi connectivity index (χ3n) is 3.57. The number of hydrogen-bond donors (Lipinski definition) is 1. The maximum absolute atomic E-state index is 11.7. The number of aromatic nitrogens is 1. The largest absolute Gasteiger partial charge is 0.465 e. The van der Waals surface area contributed by atoms with Crippen molar-refractivity contribution in [2.24, 2.45) is 0 Å². The van der Waals surface area contributed by atoms with Gasteiger partial charge in [0.1, 0.15) is 6.61 Å². The number of nitrogens with zero attached hydrogens (tertiary/aromatic N) is 1. The van der Waals surface area contributed by atoms with Gasteiger partial charge in [0, 0.05) is 34.1 Å². The lowest BCUT2D eigenvalue weighted by Crippen LogP contribution is -2.10. The summed E-state index contributed by atoms with van der Waals surface area (Å²) in [5.41, 5.74) is 2.31. The van der Waals surface area contributed by atoms with Crippen molar-refractivity contribution in [3.05, 3.63) is 48.5 Å². The predicted molar refractivity (Wildman–Crippen MR) is 88.9 cm³/mol. The van der Waals surface area contributed by atoms with E-state index < -0.39 is 0 Å². The maximum Gasteiger partial charge on any atom is 0.307 e. The van der Waals surface area contributed by atoms with Gasteiger partial charge in [-0.05, 0) is 12.1 Å².